The summed E-state index contributed by atoms with van der Waals surface area (Å²) in [5.74, 6) is -0.473. The molecule has 1 fully saturated rings. The van der Waals surface area contributed by atoms with Crippen LogP contribution in [0.2, 0.25) is 5.02 Å². The van der Waals surface area contributed by atoms with E-state index in [0.717, 1.165) is 24.6 Å². The van der Waals surface area contributed by atoms with Gasteiger partial charge in [0.2, 0.25) is 0 Å². The highest BCUT2D eigenvalue weighted by molar-refractivity contribution is 6.33. The number of halogens is 4. The first-order valence-corrected chi connectivity index (χ1v) is 6.05. The number of hydrogen-bond acceptors (Lipinski definition) is 2. The van der Waals surface area contributed by atoms with Gasteiger partial charge in [0.25, 0.3) is 5.91 Å². The molecular formula is C12H11ClF3NO2. The largest absolute Gasteiger partial charge is 0.416 e. The number of anilines is 1. The highest BCUT2D eigenvalue weighted by atomic mass is 35.5. The fourth-order valence-corrected chi connectivity index (χ4v) is 1.96. The predicted octanol–water partition coefficient (Wildman–Crippen LogP) is 3.48. The number of ether oxygens (including phenoxy) is 1. The normalized spacial score (nSPS) is 19.5. The van der Waals surface area contributed by atoms with E-state index in [1.54, 1.807) is 0 Å². The minimum atomic E-state index is -4.48. The van der Waals surface area contributed by atoms with Crippen LogP contribution in [0.5, 0.6) is 0 Å². The maximum absolute atomic E-state index is 12.6. The molecule has 1 heterocycles. The van der Waals surface area contributed by atoms with Gasteiger partial charge < -0.3 is 10.1 Å². The van der Waals surface area contributed by atoms with Crippen LogP contribution in [0.1, 0.15) is 18.4 Å². The molecule has 0 radical (unpaired) electrons. The minimum absolute atomic E-state index is 0.0550. The van der Waals surface area contributed by atoms with Crippen molar-refractivity contribution in [3.63, 3.8) is 0 Å². The van der Waals surface area contributed by atoms with Crippen LogP contribution in [0, 0.1) is 0 Å². The van der Waals surface area contributed by atoms with Gasteiger partial charge in [-0.25, -0.2) is 0 Å². The standard InChI is InChI=1S/C12H11ClF3NO2/c13-8-4-3-7(12(14,15)16)6-9(8)17-11(18)10-2-1-5-19-10/h3-4,6,10H,1-2,5H2,(H,17,18)/t10-/m0/s1. The summed E-state index contributed by atoms with van der Waals surface area (Å²) < 4.78 is 42.8. The third-order valence-electron chi connectivity index (χ3n) is 2.77. The summed E-state index contributed by atoms with van der Waals surface area (Å²) in [6.07, 6.45) is -3.78. The first kappa shape index (κ1) is 14.1. The molecule has 0 aliphatic carbocycles. The molecule has 1 aromatic carbocycles. The van der Waals surface area contributed by atoms with E-state index in [4.69, 9.17) is 16.3 Å². The Hall–Kier alpha value is -1.27. The Morgan fingerprint density at radius 1 is 1.42 bits per heavy atom. The molecule has 0 spiro atoms. The average molecular weight is 294 g/mol. The van der Waals surface area contributed by atoms with Gasteiger partial charge in [-0.2, -0.15) is 13.2 Å². The van der Waals surface area contributed by atoms with E-state index in [1.165, 1.54) is 0 Å². The number of amides is 1. The Morgan fingerprint density at radius 2 is 2.16 bits per heavy atom. The van der Waals surface area contributed by atoms with Crippen LogP contribution in [0.4, 0.5) is 18.9 Å². The monoisotopic (exact) mass is 293 g/mol. The lowest BCUT2D eigenvalue weighted by Gasteiger charge is -2.14. The zero-order valence-corrected chi connectivity index (χ0v) is 10.5. The summed E-state index contributed by atoms with van der Waals surface area (Å²) in [6.45, 7) is 0.481. The van der Waals surface area contributed by atoms with Crippen LogP contribution < -0.4 is 5.32 Å². The van der Waals surface area contributed by atoms with E-state index in [1.807, 2.05) is 0 Å². The number of benzene rings is 1. The van der Waals surface area contributed by atoms with Crippen LogP contribution in [-0.2, 0) is 15.7 Å². The lowest BCUT2D eigenvalue weighted by atomic mass is 10.1. The molecule has 0 unspecified atom stereocenters. The fraction of sp³-hybridized carbons (Fsp3) is 0.417. The van der Waals surface area contributed by atoms with Crippen LogP contribution in [-0.4, -0.2) is 18.6 Å². The molecule has 2 rings (SSSR count). The van der Waals surface area contributed by atoms with Crippen LogP contribution in [0.3, 0.4) is 0 Å². The lowest BCUT2D eigenvalue weighted by molar-refractivity contribution is -0.137. The van der Waals surface area contributed by atoms with Crippen LogP contribution in [0.15, 0.2) is 18.2 Å². The molecule has 3 nitrogen and oxygen atoms in total. The Kier molecular flexibility index (Phi) is 4.01. The summed E-state index contributed by atoms with van der Waals surface area (Å²) in [5.41, 5.74) is -0.920. The van der Waals surface area contributed by atoms with Crippen molar-refractivity contribution >= 4 is 23.2 Å². The molecule has 7 heteroatoms. The third kappa shape index (κ3) is 3.39. The van der Waals surface area contributed by atoms with Gasteiger partial charge in [0.05, 0.1) is 16.3 Å². The molecule has 1 saturated heterocycles. The van der Waals surface area contributed by atoms with Gasteiger partial charge >= 0.3 is 6.18 Å². The van der Waals surface area contributed by atoms with Crippen molar-refractivity contribution in [1.29, 1.82) is 0 Å². The molecule has 1 aliphatic heterocycles. The maximum atomic E-state index is 12.6. The summed E-state index contributed by atoms with van der Waals surface area (Å²) in [5, 5.41) is 2.42. The SMILES string of the molecule is O=C(Nc1cc(C(F)(F)F)ccc1Cl)[C@@H]1CCCO1. The van der Waals surface area contributed by atoms with Gasteiger partial charge in [-0.15, -0.1) is 0 Å². The second-order valence-corrected chi connectivity index (χ2v) is 4.59. The first-order valence-electron chi connectivity index (χ1n) is 5.67. The molecule has 1 amide bonds. The Labute approximate surface area is 112 Å². The number of rotatable bonds is 2. The van der Waals surface area contributed by atoms with Crippen LogP contribution >= 0.6 is 11.6 Å². The topological polar surface area (TPSA) is 38.3 Å². The predicted molar refractivity (Wildman–Crippen MR) is 64.1 cm³/mol. The molecule has 1 N–H and O–H groups in total. The number of alkyl halides is 3. The minimum Gasteiger partial charge on any atom is -0.368 e. The van der Waals surface area contributed by atoms with Crippen molar-refractivity contribution < 1.29 is 22.7 Å². The van der Waals surface area contributed by atoms with Crippen molar-refractivity contribution in [3.8, 4) is 0 Å². The summed E-state index contributed by atoms with van der Waals surface area (Å²) in [7, 11) is 0. The fourth-order valence-electron chi connectivity index (χ4n) is 1.80. The highest BCUT2D eigenvalue weighted by Gasteiger charge is 2.31. The van der Waals surface area contributed by atoms with E-state index < -0.39 is 23.8 Å². The van der Waals surface area contributed by atoms with Gasteiger partial charge in [-0.3, -0.25) is 4.79 Å². The average Bonchev–Trinajstić information content (AvgIpc) is 2.84. The number of hydrogen-bond donors (Lipinski definition) is 1. The zero-order valence-electron chi connectivity index (χ0n) is 9.76. The van der Waals surface area contributed by atoms with E-state index >= 15 is 0 Å². The van der Waals surface area contributed by atoms with Gasteiger partial charge in [0.15, 0.2) is 0 Å². The molecule has 0 aromatic heterocycles. The van der Waals surface area contributed by atoms with Crippen molar-refractivity contribution in [2.24, 2.45) is 0 Å². The maximum Gasteiger partial charge on any atom is 0.416 e. The number of nitrogens with one attached hydrogen (secondary N) is 1. The lowest BCUT2D eigenvalue weighted by Crippen LogP contribution is -2.27. The van der Waals surface area contributed by atoms with E-state index in [2.05, 4.69) is 5.32 Å². The van der Waals surface area contributed by atoms with Gasteiger partial charge in [-0.05, 0) is 31.0 Å². The Bertz CT molecular complexity index is 484. The van der Waals surface area contributed by atoms with Crippen LogP contribution in [0.25, 0.3) is 0 Å². The van der Waals surface area contributed by atoms with E-state index in [9.17, 15) is 18.0 Å². The second kappa shape index (κ2) is 5.38. The smallest absolute Gasteiger partial charge is 0.368 e. The Morgan fingerprint density at radius 3 is 2.74 bits per heavy atom. The molecule has 0 bridgehead atoms. The molecule has 1 aromatic rings. The molecular weight excluding hydrogens is 283 g/mol. The molecule has 104 valence electrons. The first-order chi connectivity index (χ1) is 8.88. The van der Waals surface area contributed by atoms with Crippen molar-refractivity contribution in [2.75, 3.05) is 11.9 Å². The quantitative estimate of drug-likeness (QED) is 0.906. The van der Waals surface area contributed by atoms with Gasteiger partial charge in [0.1, 0.15) is 6.10 Å². The third-order valence-corrected chi connectivity index (χ3v) is 3.10. The number of carbonyl (C=O) groups excluding carboxylic acids is 1. The molecule has 0 saturated carbocycles. The highest BCUT2D eigenvalue weighted by Crippen LogP contribution is 2.34. The van der Waals surface area contributed by atoms with Gasteiger partial charge in [-0.1, -0.05) is 11.6 Å². The van der Waals surface area contributed by atoms with Gasteiger partial charge in [0, 0.05) is 6.61 Å². The Balaban J connectivity index is 2.17. The molecule has 1 aliphatic rings. The summed E-state index contributed by atoms with van der Waals surface area (Å²) >= 11 is 5.77. The summed E-state index contributed by atoms with van der Waals surface area (Å²) in [4.78, 5) is 11.8. The molecule has 19 heavy (non-hydrogen) atoms. The second-order valence-electron chi connectivity index (χ2n) is 4.18. The number of carbonyl (C=O) groups is 1. The van der Waals surface area contributed by atoms with Crippen molar-refractivity contribution in [3.05, 3.63) is 28.8 Å². The summed E-state index contributed by atoms with van der Waals surface area (Å²) in [6, 6.07) is 2.79. The van der Waals surface area contributed by atoms with Crippen molar-refractivity contribution in [2.45, 2.75) is 25.1 Å². The zero-order chi connectivity index (χ0) is 14.0. The van der Waals surface area contributed by atoms with E-state index in [-0.39, 0.29) is 10.7 Å². The van der Waals surface area contributed by atoms with Crippen molar-refractivity contribution in [1.82, 2.24) is 0 Å². The van der Waals surface area contributed by atoms with E-state index in [0.29, 0.717) is 13.0 Å². The molecule has 1 atom stereocenters.